The molecule has 0 aliphatic carbocycles. The molecule has 0 saturated heterocycles. The summed E-state index contributed by atoms with van der Waals surface area (Å²) >= 11 is 3.36. The van der Waals surface area contributed by atoms with Crippen molar-refractivity contribution in [2.24, 2.45) is 0 Å². The first-order chi connectivity index (χ1) is 9.56. The van der Waals surface area contributed by atoms with Crippen LogP contribution in [-0.4, -0.2) is 11.1 Å². The van der Waals surface area contributed by atoms with Crippen molar-refractivity contribution in [3.05, 3.63) is 69.4 Å². The van der Waals surface area contributed by atoms with Gasteiger partial charge in [0, 0.05) is 17.6 Å². The van der Waals surface area contributed by atoms with Crippen LogP contribution in [-0.2, 0) is 13.1 Å². The van der Waals surface area contributed by atoms with Crippen molar-refractivity contribution in [3.63, 3.8) is 0 Å². The molecular weight excluding hydrogens is 325 g/mol. The summed E-state index contributed by atoms with van der Waals surface area (Å²) in [5, 5.41) is 12.1. The first-order valence-electron chi connectivity index (χ1n) is 6.03. The van der Waals surface area contributed by atoms with E-state index in [0.717, 1.165) is 15.6 Å². The van der Waals surface area contributed by atoms with Crippen molar-refractivity contribution in [1.82, 2.24) is 5.32 Å². The molecule has 3 nitrogen and oxygen atoms in total. The number of carboxylic acid groups (broad SMARTS) is 1. The number of rotatable bonds is 5. The van der Waals surface area contributed by atoms with Crippen LogP contribution in [0.25, 0.3) is 0 Å². The number of nitrogens with one attached hydrogen (secondary N) is 1. The Balaban J connectivity index is 1.97. The van der Waals surface area contributed by atoms with Crippen LogP contribution in [0.4, 0.5) is 4.39 Å². The fourth-order valence-electron chi connectivity index (χ4n) is 1.83. The van der Waals surface area contributed by atoms with Gasteiger partial charge in [-0.2, -0.15) is 0 Å². The Morgan fingerprint density at radius 2 is 2.00 bits per heavy atom. The van der Waals surface area contributed by atoms with E-state index >= 15 is 0 Å². The Bertz CT molecular complexity index is 631. The van der Waals surface area contributed by atoms with Gasteiger partial charge in [0.25, 0.3) is 0 Å². The summed E-state index contributed by atoms with van der Waals surface area (Å²) < 4.78 is 14.0. The molecule has 0 atom stereocenters. The Hall–Kier alpha value is -1.72. The van der Waals surface area contributed by atoms with Gasteiger partial charge in [-0.3, -0.25) is 0 Å². The van der Waals surface area contributed by atoms with Crippen molar-refractivity contribution in [3.8, 4) is 0 Å². The third-order valence-corrected chi connectivity index (χ3v) is 3.60. The lowest BCUT2D eigenvalue weighted by atomic mass is 10.1. The van der Waals surface area contributed by atoms with Gasteiger partial charge < -0.3 is 10.4 Å². The quantitative estimate of drug-likeness (QED) is 0.876. The van der Waals surface area contributed by atoms with E-state index in [-0.39, 0.29) is 11.4 Å². The molecule has 104 valence electrons. The molecule has 20 heavy (non-hydrogen) atoms. The van der Waals surface area contributed by atoms with Gasteiger partial charge in [0.2, 0.25) is 0 Å². The first kappa shape index (κ1) is 14.7. The number of benzene rings is 2. The molecule has 0 saturated carbocycles. The van der Waals surface area contributed by atoms with Crippen molar-refractivity contribution in [2.45, 2.75) is 13.1 Å². The summed E-state index contributed by atoms with van der Waals surface area (Å²) in [5.74, 6) is -1.22. The van der Waals surface area contributed by atoms with Crippen LogP contribution >= 0.6 is 15.9 Å². The predicted octanol–water partition coefficient (Wildman–Crippen LogP) is 3.58. The summed E-state index contributed by atoms with van der Waals surface area (Å²) in [7, 11) is 0. The lowest BCUT2D eigenvalue weighted by Crippen LogP contribution is -2.13. The number of aromatic carboxylic acids is 1. The standard InChI is InChI=1S/C15H13BrFNO2/c16-14-5-4-13(17)7-12(14)9-18-8-10-2-1-3-11(6-10)15(19)20/h1-7,18H,8-9H2,(H,19,20). The average molecular weight is 338 g/mol. The molecule has 2 aromatic carbocycles. The number of hydrogen-bond donors (Lipinski definition) is 2. The molecule has 0 aliphatic heterocycles. The topological polar surface area (TPSA) is 49.3 Å². The molecule has 0 bridgehead atoms. The van der Waals surface area contributed by atoms with Crippen molar-refractivity contribution < 1.29 is 14.3 Å². The molecule has 0 aliphatic rings. The highest BCUT2D eigenvalue weighted by Gasteiger charge is 2.04. The minimum absolute atomic E-state index is 0.260. The van der Waals surface area contributed by atoms with Crippen LogP contribution in [0.1, 0.15) is 21.5 Å². The van der Waals surface area contributed by atoms with Crippen LogP contribution in [0.5, 0.6) is 0 Å². The molecule has 0 amide bonds. The van der Waals surface area contributed by atoms with E-state index in [4.69, 9.17) is 5.11 Å². The lowest BCUT2D eigenvalue weighted by Gasteiger charge is -2.08. The van der Waals surface area contributed by atoms with Gasteiger partial charge in [-0.05, 0) is 41.5 Å². The summed E-state index contributed by atoms with van der Waals surface area (Å²) in [5.41, 5.74) is 1.95. The zero-order valence-electron chi connectivity index (χ0n) is 10.6. The first-order valence-corrected chi connectivity index (χ1v) is 6.82. The third-order valence-electron chi connectivity index (χ3n) is 2.83. The largest absolute Gasteiger partial charge is 0.478 e. The van der Waals surface area contributed by atoms with Gasteiger partial charge in [-0.25, -0.2) is 9.18 Å². The molecule has 2 rings (SSSR count). The van der Waals surface area contributed by atoms with E-state index in [1.54, 1.807) is 24.3 Å². The van der Waals surface area contributed by atoms with Crippen LogP contribution in [0.15, 0.2) is 46.9 Å². The van der Waals surface area contributed by atoms with Gasteiger partial charge in [0.05, 0.1) is 5.56 Å². The molecule has 2 aromatic rings. The monoisotopic (exact) mass is 337 g/mol. The molecule has 0 radical (unpaired) electrons. The molecule has 5 heteroatoms. The minimum atomic E-state index is -0.945. The maximum absolute atomic E-state index is 13.1. The van der Waals surface area contributed by atoms with Crippen LogP contribution in [0.2, 0.25) is 0 Å². The van der Waals surface area contributed by atoms with E-state index in [1.165, 1.54) is 12.1 Å². The van der Waals surface area contributed by atoms with E-state index in [1.807, 2.05) is 6.07 Å². The maximum Gasteiger partial charge on any atom is 0.335 e. The second kappa shape index (κ2) is 6.63. The molecular formula is C15H13BrFNO2. The highest BCUT2D eigenvalue weighted by Crippen LogP contribution is 2.17. The summed E-state index contributed by atoms with van der Waals surface area (Å²) in [4.78, 5) is 10.9. The van der Waals surface area contributed by atoms with Gasteiger partial charge in [0.1, 0.15) is 5.82 Å². The van der Waals surface area contributed by atoms with Crippen LogP contribution in [0, 0.1) is 5.82 Å². The summed E-state index contributed by atoms with van der Waals surface area (Å²) in [6, 6.07) is 11.2. The van der Waals surface area contributed by atoms with Crippen LogP contribution in [0.3, 0.4) is 0 Å². The van der Waals surface area contributed by atoms with E-state index in [0.29, 0.717) is 13.1 Å². The van der Waals surface area contributed by atoms with Crippen molar-refractivity contribution in [2.75, 3.05) is 0 Å². The Kier molecular flexibility index (Phi) is 4.87. The number of carbonyl (C=O) groups is 1. The smallest absolute Gasteiger partial charge is 0.335 e. The van der Waals surface area contributed by atoms with Crippen molar-refractivity contribution >= 4 is 21.9 Å². The van der Waals surface area contributed by atoms with Gasteiger partial charge in [0.15, 0.2) is 0 Å². The lowest BCUT2D eigenvalue weighted by molar-refractivity contribution is 0.0696. The number of carboxylic acids is 1. The number of hydrogen-bond acceptors (Lipinski definition) is 2. The van der Waals surface area contributed by atoms with E-state index in [9.17, 15) is 9.18 Å². The van der Waals surface area contributed by atoms with Gasteiger partial charge in [-0.1, -0.05) is 28.1 Å². The minimum Gasteiger partial charge on any atom is -0.478 e. The molecule has 0 heterocycles. The highest BCUT2D eigenvalue weighted by atomic mass is 79.9. The van der Waals surface area contributed by atoms with Gasteiger partial charge >= 0.3 is 5.97 Å². The molecule has 0 unspecified atom stereocenters. The fraction of sp³-hybridized carbons (Fsp3) is 0.133. The zero-order chi connectivity index (χ0) is 14.5. The Morgan fingerprint density at radius 1 is 1.20 bits per heavy atom. The van der Waals surface area contributed by atoms with E-state index in [2.05, 4.69) is 21.2 Å². The second-order valence-corrected chi connectivity index (χ2v) is 5.20. The second-order valence-electron chi connectivity index (χ2n) is 4.34. The average Bonchev–Trinajstić information content (AvgIpc) is 2.43. The van der Waals surface area contributed by atoms with E-state index < -0.39 is 5.97 Å². The zero-order valence-corrected chi connectivity index (χ0v) is 12.2. The van der Waals surface area contributed by atoms with Crippen LogP contribution < -0.4 is 5.32 Å². The highest BCUT2D eigenvalue weighted by molar-refractivity contribution is 9.10. The van der Waals surface area contributed by atoms with Crippen molar-refractivity contribution in [1.29, 1.82) is 0 Å². The number of halogens is 2. The SMILES string of the molecule is O=C(O)c1cccc(CNCc2cc(F)ccc2Br)c1. The third kappa shape index (κ3) is 3.88. The molecule has 0 spiro atoms. The molecule has 0 fully saturated rings. The molecule has 0 aromatic heterocycles. The maximum atomic E-state index is 13.1. The normalized spacial score (nSPS) is 10.5. The fourth-order valence-corrected chi connectivity index (χ4v) is 2.22. The summed E-state index contributed by atoms with van der Waals surface area (Å²) in [6.45, 7) is 1.01. The predicted molar refractivity (Wildman–Crippen MR) is 78.0 cm³/mol. The summed E-state index contributed by atoms with van der Waals surface area (Å²) in [6.07, 6.45) is 0. The molecule has 2 N–H and O–H groups in total. The van der Waals surface area contributed by atoms with Gasteiger partial charge in [-0.15, -0.1) is 0 Å². The Morgan fingerprint density at radius 3 is 2.75 bits per heavy atom. The Labute approximate surface area is 124 Å².